The Balaban J connectivity index is 1.49. The Labute approximate surface area is 188 Å². The number of furan rings is 1. The largest absolute Gasteiger partial charge is 0.472 e. The van der Waals surface area contributed by atoms with Gasteiger partial charge in [0.1, 0.15) is 12.4 Å². The van der Waals surface area contributed by atoms with Crippen molar-refractivity contribution in [3.8, 4) is 0 Å². The molecule has 1 aromatic heterocycles. The Morgan fingerprint density at radius 1 is 1.06 bits per heavy atom. The molecular weight excluding hydrogens is 408 g/mol. The average molecular weight is 441 g/mol. The Morgan fingerprint density at radius 2 is 1.88 bits per heavy atom. The summed E-state index contributed by atoms with van der Waals surface area (Å²) in [5.74, 6) is 0.218. The van der Waals surface area contributed by atoms with Gasteiger partial charge in [0.05, 0.1) is 48.8 Å². The maximum atomic E-state index is 14.0. The molecule has 32 heavy (non-hydrogen) atoms. The number of esters is 1. The summed E-state index contributed by atoms with van der Waals surface area (Å²) in [6.07, 6.45) is 7.76. The smallest absolute Gasteiger partial charge is 0.308 e. The van der Waals surface area contributed by atoms with Crippen LogP contribution in [0.1, 0.15) is 65.0 Å². The van der Waals surface area contributed by atoms with Crippen LogP contribution in [0.2, 0.25) is 0 Å². The predicted molar refractivity (Wildman–Crippen MR) is 114 cm³/mol. The summed E-state index contributed by atoms with van der Waals surface area (Å²) in [7, 11) is 0. The number of ketones is 1. The highest BCUT2D eigenvalue weighted by Crippen LogP contribution is 2.72. The van der Waals surface area contributed by atoms with E-state index in [-0.39, 0.29) is 53.0 Å². The van der Waals surface area contributed by atoms with E-state index >= 15 is 0 Å². The number of cyclic esters (lactones) is 1. The van der Waals surface area contributed by atoms with E-state index in [0.717, 1.165) is 18.4 Å². The second kappa shape index (κ2) is 6.35. The highest BCUT2D eigenvalue weighted by atomic mass is 16.6. The van der Waals surface area contributed by atoms with E-state index in [9.17, 15) is 9.59 Å². The molecule has 1 spiro atoms. The van der Waals surface area contributed by atoms with Crippen molar-refractivity contribution in [1.29, 1.82) is 0 Å². The van der Waals surface area contributed by atoms with Crippen LogP contribution < -0.4 is 0 Å². The zero-order chi connectivity index (χ0) is 22.5. The van der Waals surface area contributed by atoms with Crippen molar-refractivity contribution in [3.63, 3.8) is 0 Å². The van der Waals surface area contributed by atoms with Gasteiger partial charge in [-0.15, -0.1) is 0 Å². The number of carbonyl (C=O) groups is 2. The predicted octanol–water partition coefficient (Wildman–Crippen LogP) is 4.40. The minimum Gasteiger partial charge on any atom is -0.472 e. The maximum Gasteiger partial charge on any atom is 0.308 e. The number of hydrogen-bond donors (Lipinski definition) is 0. The van der Waals surface area contributed by atoms with Gasteiger partial charge in [0, 0.05) is 28.7 Å². The molecule has 4 heterocycles. The molecule has 4 fully saturated rings. The molecule has 2 aliphatic carbocycles. The molecule has 2 saturated carbocycles. The van der Waals surface area contributed by atoms with Crippen molar-refractivity contribution >= 4 is 11.8 Å². The van der Waals surface area contributed by atoms with Gasteiger partial charge in [-0.05, 0) is 51.2 Å². The summed E-state index contributed by atoms with van der Waals surface area (Å²) < 4.78 is 23.9. The number of ether oxygens (including phenoxy) is 3. The highest BCUT2D eigenvalue weighted by molar-refractivity contribution is 5.90. The Morgan fingerprint density at radius 3 is 2.62 bits per heavy atom. The van der Waals surface area contributed by atoms with E-state index in [1.54, 1.807) is 12.5 Å². The van der Waals surface area contributed by atoms with Gasteiger partial charge in [0.15, 0.2) is 0 Å². The van der Waals surface area contributed by atoms with E-state index in [4.69, 9.17) is 18.6 Å². The van der Waals surface area contributed by atoms with Crippen LogP contribution in [0.4, 0.5) is 0 Å². The fourth-order valence-electron chi connectivity index (χ4n) is 8.49. The second-order valence-electron chi connectivity index (χ2n) is 11.5. The topological polar surface area (TPSA) is 75.0 Å². The first-order valence-electron chi connectivity index (χ1n) is 11.9. The van der Waals surface area contributed by atoms with Gasteiger partial charge >= 0.3 is 5.97 Å². The van der Waals surface area contributed by atoms with Gasteiger partial charge in [0.2, 0.25) is 0 Å². The van der Waals surface area contributed by atoms with Crippen molar-refractivity contribution in [1.82, 2.24) is 0 Å². The fraction of sp³-hybridized carbons (Fsp3) is 0.692. The van der Waals surface area contributed by atoms with Gasteiger partial charge in [-0.3, -0.25) is 9.59 Å². The zero-order valence-electron chi connectivity index (χ0n) is 19.3. The second-order valence-corrected chi connectivity index (χ2v) is 11.5. The average Bonchev–Trinajstić information content (AvgIpc) is 3.33. The molecule has 7 atom stereocenters. The molecule has 3 aliphatic heterocycles. The molecule has 2 saturated heterocycles. The number of carbonyl (C=O) groups excluding carboxylic acids is 2. The van der Waals surface area contributed by atoms with Crippen LogP contribution in [-0.2, 0) is 23.8 Å². The summed E-state index contributed by atoms with van der Waals surface area (Å²) in [5, 5.41) is 0. The molecule has 5 aliphatic rings. The number of rotatable bonds is 1. The lowest BCUT2D eigenvalue weighted by Crippen LogP contribution is -2.65. The summed E-state index contributed by atoms with van der Waals surface area (Å²) >= 11 is 0. The molecular formula is C26H32O6. The molecule has 6 rings (SSSR count). The fourth-order valence-corrected chi connectivity index (χ4v) is 8.49. The third-order valence-electron chi connectivity index (χ3n) is 9.79. The van der Waals surface area contributed by atoms with Crippen molar-refractivity contribution in [2.24, 2.45) is 28.1 Å². The van der Waals surface area contributed by atoms with Gasteiger partial charge < -0.3 is 18.6 Å². The van der Waals surface area contributed by atoms with Gasteiger partial charge in [0.25, 0.3) is 0 Å². The van der Waals surface area contributed by atoms with Crippen LogP contribution in [0.15, 0.2) is 34.7 Å². The zero-order valence-corrected chi connectivity index (χ0v) is 19.3. The van der Waals surface area contributed by atoms with Crippen LogP contribution in [-0.4, -0.2) is 36.7 Å². The molecule has 1 aromatic rings. The number of Topliss-reactive ketones (excluding diaryl/α,β-unsaturated/α-hetero) is 1. The van der Waals surface area contributed by atoms with E-state index < -0.39 is 11.0 Å². The molecule has 6 nitrogen and oxygen atoms in total. The quantitative estimate of drug-likeness (QED) is 0.476. The molecule has 0 N–H and O–H groups in total. The molecule has 0 amide bonds. The third-order valence-corrected chi connectivity index (χ3v) is 9.79. The summed E-state index contributed by atoms with van der Waals surface area (Å²) in [4.78, 5) is 26.3. The van der Waals surface area contributed by atoms with Crippen molar-refractivity contribution in [3.05, 3.63) is 35.8 Å². The van der Waals surface area contributed by atoms with Crippen molar-refractivity contribution in [2.75, 3.05) is 13.2 Å². The highest BCUT2D eigenvalue weighted by Gasteiger charge is 2.74. The lowest BCUT2D eigenvalue weighted by molar-refractivity contribution is -0.190. The molecule has 6 heteroatoms. The van der Waals surface area contributed by atoms with E-state index in [1.807, 2.05) is 6.07 Å². The first kappa shape index (κ1) is 20.7. The minimum atomic E-state index is -0.624. The van der Waals surface area contributed by atoms with Crippen LogP contribution in [0.5, 0.6) is 0 Å². The molecule has 0 bridgehead atoms. The van der Waals surface area contributed by atoms with Crippen LogP contribution in [0.3, 0.4) is 0 Å². The standard InChI is InChI=1S/C26H32O6/c1-23(2)18-11-19(27)25(4)16-7-10-30-22(15-6-9-29-13-15)24(16,3)8-5-17(25)26(18)14-31-21(28)12-20(26)32-23/h6-7,9,13,17-18,20,22H,5,8,10-12,14H2,1-4H3/t17-,18-,20-,22-,24-,25-,26+/m0/s1. The maximum absolute atomic E-state index is 14.0. The Bertz CT molecular complexity index is 1010. The first-order valence-corrected chi connectivity index (χ1v) is 11.9. The lowest BCUT2D eigenvalue weighted by Gasteiger charge is -2.63. The number of hydrogen-bond acceptors (Lipinski definition) is 6. The van der Waals surface area contributed by atoms with E-state index in [0.29, 0.717) is 19.6 Å². The van der Waals surface area contributed by atoms with Crippen molar-refractivity contribution in [2.45, 2.75) is 71.2 Å². The third kappa shape index (κ3) is 2.33. The molecule has 0 aromatic carbocycles. The Kier molecular flexibility index (Phi) is 4.10. The Hall–Kier alpha value is -1.92. The van der Waals surface area contributed by atoms with Gasteiger partial charge in [-0.1, -0.05) is 13.0 Å². The SMILES string of the molecule is CC1(C)O[C@H]2CC(=O)OC[C@@]23[C@H]1CC(=O)[C@@]1(C)C2=CCO[C@@H](c4ccoc4)[C@@]2(C)CC[C@@H]13. The normalized spacial score (nSPS) is 46.9. The van der Waals surface area contributed by atoms with Crippen LogP contribution in [0.25, 0.3) is 0 Å². The van der Waals surface area contributed by atoms with Gasteiger partial charge in [-0.2, -0.15) is 0 Å². The minimum absolute atomic E-state index is 0.0492. The van der Waals surface area contributed by atoms with Crippen LogP contribution >= 0.6 is 0 Å². The molecule has 0 radical (unpaired) electrons. The lowest BCUT2D eigenvalue weighted by atomic mass is 9.39. The summed E-state index contributed by atoms with van der Waals surface area (Å²) in [6.45, 7) is 9.37. The molecule has 0 unspecified atom stereocenters. The van der Waals surface area contributed by atoms with Crippen molar-refractivity contribution < 1.29 is 28.2 Å². The summed E-state index contributed by atoms with van der Waals surface area (Å²) in [5.41, 5.74) is 0.514. The molecule has 172 valence electrons. The van der Waals surface area contributed by atoms with Gasteiger partial charge in [-0.25, -0.2) is 0 Å². The van der Waals surface area contributed by atoms with E-state index in [1.165, 1.54) is 5.57 Å². The van der Waals surface area contributed by atoms with Crippen LogP contribution in [0, 0.1) is 28.1 Å². The van der Waals surface area contributed by atoms with E-state index in [2.05, 4.69) is 33.8 Å². The monoisotopic (exact) mass is 440 g/mol. The first-order chi connectivity index (χ1) is 15.1. The summed E-state index contributed by atoms with van der Waals surface area (Å²) in [6, 6.07) is 1.97. The number of fused-ring (bicyclic) bond motifs is 3.